The lowest BCUT2D eigenvalue weighted by atomic mass is 10.0. The fourth-order valence-corrected chi connectivity index (χ4v) is 2.11. The fourth-order valence-electron chi connectivity index (χ4n) is 2.11. The second-order valence-corrected chi connectivity index (χ2v) is 5.66. The van der Waals surface area contributed by atoms with Crippen molar-refractivity contribution in [1.29, 1.82) is 0 Å². The van der Waals surface area contributed by atoms with Crippen LogP contribution in [0, 0.1) is 6.92 Å². The number of hydrogen-bond acceptors (Lipinski definition) is 5. The Bertz CT molecular complexity index is 640. The molecule has 0 radical (unpaired) electrons. The topological polar surface area (TPSA) is 68.9 Å². The van der Waals surface area contributed by atoms with Crippen LogP contribution in [0.1, 0.15) is 38.0 Å². The average Bonchev–Trinajstić information content (AvgIpc) is 2.53. The molecule has 128 valence electrons. The molecule has 1 aromatic heterocycles. The van der Waals surface area contributed by atoms with Gasteiger partial charge in [-0.05, 0) is 33.6 Å². The number of hydrogen-bond donors (Lipinski definition) is 1. The molecule has 0 fully saturated rings. The highest BCUT2D eigenvalue weighted by Crippen LogP contribution is 2.26. The molecular formula is C18H26O5. The van der Waals surface area contributed by atoms with Crippen molar-refractivity contribution in [1.82, 2.24) is 0 Å². The highest BCUT2D eigenvalue weighted by atomic mass is 16.6. The Kier molecular flexibility index (Phi) is 7.10. The number of ether oxygens (including phenoxy) is 2. The first-order valence-electron chi connectivity index (χ1n) is 7.55. The lowest BCUT2D eigenvalue weighted by molar-refractivity contribution is 0.201. The van der Waals surface area contributed by atoms with E-state index < -0.39 is 6.10 Å². The molecule has 23 heavy (non-hydrogen) atoms. The molecule has 1 unspecified atom stereocenters. The fraction of sp³-hybridized carbons (Fsp3) is 0.500. The van der Waals surface area contributed by atoms with E-state index in [0.29, 0.717) is 24.2 Å². The van der Waals surface area contributed by atoms with Crippen LogP contribution in [0.2, 0.25) is 0 Å². The van der Waals surface area contributed by atoms with E-state index in [1.807, 2.05) is 19.9 Å². The van der Waals surface area contributed by atoms with Crippen LogP contribution >= 0.6 is 0 Å². The molecule has 1 heterocycles. The molecule has 5 nitrogen and oxygen atoms in total. The zero-order valence-corrected chi connectivity index (χ0v) is 14.6. The van der Waals surface area contributed by atoms with Crippen molar-refractivity contribution in [3.05, 3.63) is 45.3 Å². The molecular weight excluding hydrogens is 296 g/mol. The van der Waals surface area contributed by atoms with E-state index in [-0.39, 0.29) is 17.1 Å². The maximum Gasteiger partial charge on any atom is 0.332 e. The van der Waals surface area contributed by atoms with Crippen LogP contribution in [0.4, 0.5) is 0 Å². The van der Waals surface area contributed by atoms with E-state index in [0.717, 1.165) is 17.6 Å². The van der Waals surface area contributed by atoms with Gasteiger partial charge in [-0.25, -0.2) is 0 Å². The van der Waals surface area contributed by atoms with Gasteiger partial charge >= 0.3 is 5.95 Å². The van der Waals surface area contributed by atoms with E-state index in [4.69, 9.17) is 13.9 Å². The third-order valence-electron chi connectivity index (χ3n) is 3.77. The number of aliphatic hydroxyl groups excluding tert-OH is 1. The Morgan fingerprint density at radius 3 is 2.52 bits per heavy atom. The summed E-state index contributed by atoms with van der Waals surface area (Å²) in [4.78, 5) is 12.2. The maximum atomic E-state index is 12.2. The molecule has 0 saturated carbocycles. The van der Waals surface area contributed by atoms with Crippen LogP contribution in [0.15, 0.2) is 33.0 Å². The van der Waals surface area contributed by atoms with E-state index in [2.05, 4.69) is 6.58 Å². The van der Waals surface area contributed by atoms with Crippen molar-refractivity contribution in [3.63, 3.8) is 0 Å². The van der Waals surface area contributed by atoms with Gasteiger partial charge in [-0.2, -0.15) is 0 Å². The maximum absolute atomic E-state index is 12.2. The summed E-state index contributed by atoms with van der Waals surface area (Å²) in [7, 11) is 2.84. The second-order valence-electron chi connectivity index (χ2n) is 5.66. The molecule has 0 aromatic carbocycles. The summed E-state index contributed by atoms with van der Waals surface area (Å²) in [5, 5.41) is 9.75. The number of aliphatic hydroxyl groups is 1. The molecule has 0 amide bonds. The van der Waals surface area contributed by atoms with Gasteiger partial charge in [-0.15, -0.1) is 0 Å². The Labute approximate surface area is 137 Å². The van der Waals surface area contributed by atoms with E-state index in [1.165, 1.54) is 14.2 Å². The molecule has 0 aliphatic rings. The molecule has 0 spiro atoms. The molecule has 0 aliphatic carbocycles. The molecule has 1 rings (SSSR count). The Morgan fingerprint density at radius 1 is 1.35 bits per heavy atom. The van der Waals surface area contributed by atoms with Crippen molar-refractivity contribution in [2.24, 2.45) is 0 Å². The van der Waals surface area contributed by atoms with Gasteiger partial charge in [0.15, 0.2) is 0 Å². The molecule has 0 saturated heterocycles. The molecule has 1 aromatic rings. The summed E-state index contributed by atoms with van der Waals surface area (Å²) in [5.41, 5.74) is 2.16. The van der Waals surface area contributed by atoms with Crippen molar-refractivity contribution in [3.8, 4) is 11.7 Å². The highest BCUT2D eigenvalue weighted by molar-refractivity contribution is 5.36. The molecule has 1 N–H and O–H groups in total. The van der Waals surface area contributed by atoms with Gasteiger partial charge in [-0.1, -0.05) is 23.8 Å². The van der Waals surface area contributed by atoms with Gasteiger partial charge in [0.05, 0.1) is 20.3 Å². The van der Waals surface area contributed by atoms with Crippen LogP contribution in [0.3, 0.4) is 0 Å². The third kappa shape index (κ3) is 4.99. The quantitative estimate of drug-likeness (QED) is 0.745. The minimum absolute atomic E-state index is 0.0824. The summed E-state index contributed by atoms with van der Waals surface area (Å²) < 4.78 is 15.7. The van der Waals surface area contributed by atoms with Crippen LogP contribution in [-0.4, -0.2) is 25.4 Å². The zero-order valence-electron chi connectivity index (χ0n) is 14.6. The summed E-state index contributed by atoms with van der Waals surface area (Å²) >= 11 is 0. The van der Waals surface area contributed by atoms with E-state index in [9.17, 15) is 9.90 Å². The van der Waals surface area contributed by atoms with Gasteiger partial charge in [-0.3, -0.25) is 4.79 Å². The molecule has 0 bridgehead atoms. The van der Waals surface area contributed by atoms with Gasteiger partial charge in [0.25, 0.3) is 0 Å². The number of rotatable bonds is 8. The number of allylic oxidation sites excluding steroid dienone is 2. The molecule has 5 heteroatoms. The van der Waals surface area contributed by atoms with Crippen LogP contribution in [0.25, 0.3) is 0 Å². The monoisotopic (exact) mass is 322 g/mol. The molecule has 1 atom stereocenters. The van der Waals surface area contributed by atoms with Crippen molar-refractivity contribution >= 4 is 0 Å². The second kappa shape index (κ2) is 8.58. The summed E-state index contributed by atoms with van der Waals surface area (Å²) in [6.45, 7) is 9.24. The average molecular weight is 322 g/mol. The standard InChI is InChI=1S/C18H26O5/c1-11(2)14(19)9-7-12(3)8-10-15-13(4)16(20)17(21-5)18(22-6)23-15/h8,14,19H,1,7,9-10H2,2-6H3/b12-8+. The first-order chi connectivity index (χ1) is 10.8. The first kappa shape index (κ1) is 19.0. The lowest BCUT2D eigenvalue weighted by Gasteiger charge is -2.11. The first-order valence-corrected chi connectivity index (χ1v) is 7.55. The Balaban J connectivity index is 2.89. The van der Waals surface area contributed by atoms with Gasteiger partial charge in [0.1, 0.15) is 5.76 Å². The van der Waals surface area contributed by atoms with Crippen molar-refractivity contribution < 1.29 is 19.0 Å². The normalized spacial score (nSPS) is 12.9. The van der Waals surface area contributed by atoms with Gasteiger partial charge in [0.2, 0.25) is 11.2 Å². The van der Waals surface area contributed by atoms with Crippen LogP contribution < -0.4 is 14.9 Å². The van der Waals surface area contributed by atoms with E-state index in [1.54, 1.807) is 6.92 Å². The molecule has 0 aliphatic heterocycles. The predicted molar refractivity (Wildman–Crippen MR) is 90.3 cm³/mol. The van der Waals surface area contributed by atoms with Crippen molar-refractivity contribution in [2.45, 2.75) is 46.1 Å². The van der Waals surface area contributed by atoms with Crippen LogP contribution in [-0.2, 0) is 6.42 Å². The van der Waals surface area contributed by atoms with Gasteiger partial charge in [0, 0.05) is 12.0 Å². The zero-order chi connectivity index (χ0) is 17.6. The largest absolute Gasteiger partial charge is 0.487 e. The van der Waals surface area contributed by atoms with Gasteiger partial charge < -0.3 is 19.0 Å². The Morgan fingerprint density at radius 2 is 2.00 bits per heavy atom. The summed E-state index contributed by atoms with van der Waals surface area (Å²) in [5.74, 6) is 0.716. The third-order valence-corrected chi connectivity index (χ3v) is 3.77. The van der Waals surface area contributed by atoms with E-state index >= 15 is 0 Å². The SMILES string of the molecule is C=C(C)C(O)CC/C(C)=C/Cc1oc(OC)c(OC)c(=O)c1C. The lowest BCUT2D eigenvalue weighted by Crippen LogP contribution is -2.12. The van der Waals surface area contributed by atoms with Crippen molar-refractivity contribution in [2.75, 3.05) is 14.2 Å². The highest BCUT2D eigenvalue weighted by Gasteiger charge is 2.17. The number of methoxy groups -OCH3 is 2. The minimum Gasteiger partial charge on any atom is -0.487 e. The summed E-state index contributed by atoms with van der Waals surface area (Å²) in [6, 6.07) is 0. The smallest absolute Gasteiger partial charge is 0.332 e. The van der Waals surface area contributed by atoms with Crippen LogP contribution in [0.5, 0.6) is 11.7 Å². The summed E-state index contributed by atoms with van der Waals surface area (Å²) in [6.07, 6.45) is 3.37. The Hall–Kier alpha value is -2.01. The predicted octanol–water partition coefficient (Wildman–Crippen LogP) is 3.17. The minimum atomic E-state index is -0.487.